The van der Waals surface area contributed by atoms with E-state index in [9.17, 15) is 4.79 Å². The van der Waals surface area contributed by atoms with E-state index in [1.54, 1.807) is 7.11 Å². The smallest absolute Gasteiger partial charge is 0.133 e. The predicted octanol–water partition coefficient (Wildman–Crippen LogP) is 2.49. The van der Waals surface area contributed by atoms with Crippen LogP contribution in [0.4, 0.5) is 0 Å². The molecule has 0 atom stereocenters. The topological polar surface area (TPSA) is 35.5 Å². The molecule has 16 heavy (non-hydrogen) atoms. The molecule has 0 fully saturated rings. The lowest BCUT2D eigenvalue weighted by atomic mass is 10.0. The molecule has 3 nitrogen and oxygen atoms in total. The van der Waals surface area contributed by atoms with E-state index in [2.05, 4.69) is 12.6 Å². The van der Waals surface area contributed by atoms with Crippen LogP contribution in [0.1, 0.15) is 39.5 Å². The highest BCUT2D eigenvalue weighted by Crippen LogP contribution is 2.19. The molecule has 0 unspecified atom stereocenters. The molecule has 0 aliphatic carbocycles. The number of hydrogen-bond acceptors (Lipinski definition) is 4. The van der Waals surface area contributed by atoms with Gasteiger partial charge in [0.1, 0.15) is 5.78 Å². The lowest BCUT2D eigenvalue weighted by Crippen LogP contribution is -2.13. The van der Waals surface area contributed by atoms with Crippen LogP contribution in [0.3, 0.4) is 0 Å². The van der Waals surface area contributed by atoms with Crippen LogP contribution in [-0.4, -0.2) is 37.5 Å². The van der Waals surface area contributed by atoms with E-state index < -0.39 is 0 Å². The summed E-state index contributed by atoms with van der Waals surface area (Å²) in [6.45, 7) is 5.91. The van der Waals surface area contributed by atoms with Crippen LogP contribution in [0.25, 0.3) is 0 Å². The largest absolute Gasteiger partial charge is 0.382 e. The number of ether oxygens (including phenoxy) is 2. The zero-order chi connectivity index (χ0) is 12.4. The molecule has 0 radical (unpaired) electrons. The summed E-state index contributed by atoms with van der Waals surface area (Å²) >= 11 is 4.39. The number of thiol groups is 1. The molecule has 0 rings (SSSR count). The van der Waals surface area contributed by atoms with E-state index in [1.807, 2.05) is 13.8 Å². The Bertz CT molecular complexity index is 187. The molecule has 96 valence electrons. The molecule has 0 aromatic carbocycles. The normalized spacial score (nSPS) is 11.8. The monoisotopic (exact) mass is 248 g/mol. The van der Waals surface area contributed by atoms with Gasteiger partial charge in [0, 0.05) is 31.3 Å². The first kappa shape index (κ1) is 15.9. The molecule has 0 N–H and O–H groups in total. The standard InChI is InChI=1S/C12H24O3S/c1-12(2,16)7-6-11(13)5-4-8-15-10-9-14-3/h16H,4-10H2,1-3H3. The van der Waals surface area contributed by atoms with Crippen molar-refractivity contribution in [1.82, 2.24) is 0 Å². The van der Waals surface area contributed by atoms with Gasteiger partial charge in [0.15, 0.2) is 0 Å². The van der Waals surface area contributed by atoms with E-state index in [0.29, 0.717) is 38.4 Å². The van der Waals surface area contributed by atoms with Gasteiger partial charge in [-0.1, -0.05) is 13.8 Å². The number of carbonyl (C=O) groups excluding carboxylic acids is 1. The van der Waals surface area contributed by atoms with Crippen LogP contribution in [0.15, 0.2) is 0 Å². The SMILES string of the molecule is COCCOCCCC(=O)CCC(C)(C)S. The van der Waals surface area contributed by atoms with Crippen LogP contribution in [0.5, 0.6) is 0 Å². The first-order valence-electron chi connectivity index (χ1n) is 5.76. The first-order valence-corrected chi connectivity index (χ1v) is 6.21. The van der Waals surface area contributed by atoms with Crippen molar-refractivity contribution in [3.63, 3.8) is 0 Å². The second kappa shape index (κ2) is 9.02. The Kier molecular flexibility index (Phi) is 8.99. The number of hydrogen-bond donors (Lipinski definition) is 1. The molecular weight excluding hydrogens is 224 g/mol. The highest BCUT2D eigenvalue weighted by Gasteiger charge is 2.13. The number of ketones is 1. The molecule has 0 saturated heterocycles. The third-order valence-electron chi connectivity index (χ3n) is 2.19. The molecular formula is C12H24O3S. The van der Waals surface area contributed by atoms with Gasteiger partial charge in [-0.3, -0.25) is 4.79 Å². The highest BCUT2D eigenvalue weighted by atomic mass is 32.1. The molecule has 0 aliphatic heterocycles. The van der Waals surface area contributed by atoms with E-state index in [4.69, 9.17) is 9.47 Å². The van der Waals surface area contributed by atoms with Gasteiger partial charge in [-0.05, 0) is 12.8 Å². The minimum absolute atomic E-state index is 0.0510. The van der Waals surface area contributed by atoms with Gasteiger partial charge in [0.2, 0.25) is 0 Å². The fourth-order valence-corrected chi connectivity index (χ4v) is 1.30. The van der Waals surface area contributed by atoms with Crippen LogP contribution >= 0.6 is 12.6 Å². The van der Waals surface area contributed by atoms with Gasteiger partial charge in [-0.15, -0.1) is 0 Å². The molecule has 0 aliphatic rings. The van der Waals surface area contributed by atoms with Gasteiger partial charge in [0.05, 0.1) is 13.2 Å². The summed E-state index contributed by atoms with van der Waals surface area (Å²) in [6, 6.07) is 0. The summed E-state index contributed by atoms with van der Waals surface area (Å²) < 4.78 is 10.1. The van der Waals surface area contributed by atoms with Crippen molar-refractivity contribution in [3.05, 3.63) is 0 Å². The third-order valence-corrected chi connectivity index (χ3v) is 2.42. The summed E-state index contributed by atoms with van der Waals surface area (Å²) in [5.74, 6) is 0.303. The number of methoxy groups -OCH3 is 1. The van der Waals surface area contributed by atoms with E-state index in [0.717, 1.165) is 12.8 Å². The second-order valence-corrected chi connectivity index (χ2v) is 5.77. The van der Waals surface area contributed by atoms with Gasteiger partial charge >= 0.3 is 0 Å². The maximum atomic E-state index is 11.5. The molecule has 0 spiro atoms. The Labute approximate surface area is 104 Å². The molecule has 0 aromatic heterocycles. The molecule has 0 aromatic rings. The predicted molar refractivity (Wildman–Crippen MR) is 69.2 cm³/mol. The quantitative estimate of drug-likeness (QED) is 0.476. The van der Waals surface area contributed by atoms with Crippen molar-refractivity contribution in [3.8, 4) is 0 Å². The van der Waals surface area contributed by atoms with Crippen molar-refractivity contribution in [2.24, 2.45) is 0 Å². The minimum atomic E-state index is -0.0510. The van der Waals surface area contributed by atoms with Gasteiger partial charge in [-0.2, -0.15) is 12.6 Å². The molecule has 4 heteroatoms. The summed E-state index contributed by atoms with van der Waals surface area (Å²) in [5.41, 5.74) is 0. The van der Waals surface area contributed by atoms with Crippen molar-refractivity contribution in [2.75, 3.05) is 26.9 Å². The maximum absolute atomic E-state index is 11.5. The zero-order valence-corrected chi connectivity index (χ0v) is 11.5. The minimum Gasteiger partial charge on any atom is -0.382 e. The summed E-state index contributed by atoms with van der Waals surface area (Å²) in [6.07, 6.45) is 2.86. The van der Waals surface area contributed by atoms with E-state index in [-0.39, 0.29) is 4.75 Å². The van der Waals surface area contributed by atoms with Gasteiger partial charge in [-0.25, -0.2) is 0 Å². The van der Waals surface area contributed by atoms with Crippen molar-refractivity contribution < 1.29 is 14.3 Å². The van der Waals surface area contributed by atoms with Crippen LogP contribution < -0.4 is 0 Å². The fourth-order valence-electron chi connectivity index (χ4n) is 1.19. The van der Waals surface area contributed by atoms with Crippen LogP contribution in [0, 0.1) is 0 Å². The lowest BCUT2D eigenvalue weighted by molar-refractivity contribution is -0.119. The average Bonchev–Trinajstić information content (AvgIpc) is 2.19. The summed E-state index contributed by atoms with van der Waals surface area (Å²) in [5, 5.41) is 0. The average molecular weight is 248 g/mol. The highest BCUT2D eigenvalue weighted by molar-refractivity contribution is 7.81. The van der Waals surface area contributed by atoms with Crippen LogP contribution in [0.2, 0.25) is 0 Å². The Morgan fingerprint density at radius 3 is 2.44 bits per heavy atom. The Morgan fingerprint density at radius 2 is 1.88 bits per heavy atom. The van der Waals surface area contributed by atoms with E-state index in [1.165, 1.54) is 0 Å². The fraction of sp³-hybridized carbons (Fsp3) is 0.917. The summed E-state index contributed by atoms with van der Waals surface area (Å²) in [4.78, 5) is 11.5. The van der Waals surface area contributed by atoms with Gasteiger partial charge in [0.25, 0.3) is 0 Å². The summed E-state index contributed by atoms with van der Waals surface area (Å²) in [7, 11) is 1.64. The van der Waals surface area contributed by atoms with Crippen molar-refractivity contribution >= 4 is 18.4 Å². The molecule has 0 amide bonds. The molecule has 0 heterocycles. The van der Waals surface area contributed by atoms with Gasteiger partial charge < -0.3 is 9.47 Å². The van der Waals surface area contributed by atoms with Crippen molar-refractivity contribution in [2.45, 2.75) is 44.3 Å². The Balaban J connectivity index is 3.31. The molecule has 0 saturated carbocycles. The van der Waals surface area contributed by atoms with Crippen LogP contribution in [-0.2, 0) is 14.3 Å². The lowest BCUT2D eigenvalue weighted by Gasteiger charge is -2.15. The molecule has 0 bridgehead atoms. The number of rotatable bonds is 10. The van der Waals surface area contributed by atoms with E-state index >= 15 is 0 Å². The number of carbonyl (C=O) groups is 1. The Hall–Kier alpha value is -0.0600. The first-order chi connectivity index (χ1) is 7.45. The third kappa shape index (κ3) is 12.0. The number of Topliss-reactive ketones (excluding diaryl/α,β-unsaturated/α-hetero) is 1. The Morgan fingerprint density at radius 1 is 1.19 bits per heavy atom. The maximum Gasteiger partial charge on any atom is 0.133 e. The van der Waals surface area contributed by atoms with Crippen molar-refractivity contribution in [1.29, 1.82) is 0 Å². The second-order valence-electron chi connectivity index (χ2n) is 4.56. The zero-order valence-electron chi connectivity index (χ0n) is 10.6.